The molecule has 2 aromatic carbocycles. The number of anilines is 1. The molecule has 0 saturated heterocycles. The first-order valence-corrected chi connectivity index (χ1v) is 8.19. The Morgan fingerprint density at radius 3 is 2.11 bits per heavy atom. The summed E-state index contributed by atoms with van der Waals surface area (Å²) in [5, 5.41) is 0. The van der Waals surface area contributed by atoms with Crippen LogP contribution in [0.2, 0.25) is 0 Å². The predicted molar refractivity (Wildman–Crippen MR) is 79.1 cm³/mol. The van der Waals surface area contributed by atoms with Crippen LogP contribution in [0.3, 0.4) is 0 Å². The molecule has 0 saturated carbocycles. The third kappa shape index (κ3) is 3.55. The zero-order chi connectivity index (χ0) is 14.0. The molecule has 1 N–H and O–H groups in total. The van der Waals surface area contributed by atoms with Crippen molar-refractivity contribution in [1.82, 2.24) is 0 Å². The molecule has 100 valence electrons. The minimum atomic E-state index is -3.79. The van der Waals surface area contributed by atoms with Gasteiger partial charge in [0, 0.05) is 8.95 Å². The van der Waals surface area contributed by atoms with E-state index in [0.29, 0.717) is 4.47 Å². The van der Waals surface area contributed by atoms with Gasteiger partial charge in [0.1, 0.15) is 5.82 Å². The van der Waals surface area contributed by atoms with Crippen molar-refractivity contribution in [3.8, 4) is 0 Å². The molecule has 0 fully saturated rings. The second-order valence-electron chi connectivity index (χ2n) is 3.68. The van der Waals surface area contributed by atoms with Crippen LogP contribution in [-0.4, -0.2) is 8.42 Å². The maximum absolute atomic E-state index is 13.6. The van der Waals surface area contributed by atoms with Crippen LogP contribution >= 0.6 is 31.9 Å². The molecule has 0 bridgehead atoms. The largest absolute Gasteiger partial charge is 0.277 e. The van der Waals surface area contributed by atoms with Gasteiger partial charge in [-0.05, 0) is 42.5 Å². The summed E-state index contributed by atoms with van der Waals surface area (Å²) in [4.78, 5) is 0.0676. The van der Waals surface area contributed by atoms with Gasteiger partial charge < -0.3 is 0 Å². The van der Waals surface area contributed by atoms with Gasteiger partial charge in [-0.3, -0.25) is 4.72 Å². The summed E-state index contributed by atoms with van der Waals surface area (Å²) in [5.41, 5.74) is -0.0916. The van der Waals surface area contributed by atoms with E-state index < -0.39 is 15.8 Å². The Morgan fingerprint density at radius 1 is 0.947 bits per heavy atom. The van der Waals surface area contributed by atoms with Crippen molar-refractivity contribution in [2.24, 2.45) is 0 Å². The lowest BCUT2D eigenvalue weighted by atomic mass is 10.3. The molecule has 0 unspecified atom stereocenters. The third-order valence-corrected chi connectivity index (χ3v) is 4.70. The Hall–Kier alpha value is -0.920. The van der Waals surface area contributed by atoms with Crippen molar-refractivity contribution in [2.75, 3.05) is 4.72 Å². The highest BCUT2D eigenvalue weighted by atomic mass is 79.9. The molecule has 3 nitrogen and oxygen atoms in total. The van der Waals surface area contributed by atoms with Gasteiger partial charge in [-0.2, -0.15) is 0 Å². The van der Waals surface area contributed by atoms with Gasteiger partial charge in [0.05, 0.1) is 10.6 Å². The van der Waals surface area contributed by atoms with Crippen molar-refractivity contribution in [3.63, 3.8) is 0 Å². The highest BCUT2D eigenvalue weighted by Gasteiger charge is 2.16. The molecule has 0 aliphatic rings. The van der Waals surface area contributed by atoms with Gasteiger partial charge in [-0.1, -0.05) is 31.9 Å². The summed E-state index contributed by atoms with van der Waals surface area (Å²) in [6.45, 7) is 0. The fourth-order valence-electron chi connectivity index (χ4n) is 1.39. The Balaban J connectivity index is 2.33. The lowest BCUT2D eigenvalue weighted by molar-refractivity contribution is 0.598. The number of hydrogen-bond acceptors (Lipinski definition) is 2. The molecule has 0 radical (unpaired) electrons. The van der Waals surface area contributed by atoms with E-state index in [-0.39, 0.29) is 10.6 Å². The maximum Gasteiger partial charge on any atom is 0.261 e. The van der Waals surface area contributed by atoms with Gasteiger partial charge in [0.2, 0.25) is 0 Å². The van der Waals surface area contributed by atoms with Gasteiger partial charge >= 0.3 is 0 Å². The van der Waals surface area contributed by atoms with Gasteiger partial charge in [-0.25, -0.2) is 12.8 Å². The molecule has 0 aromatic heterocycles. The van der Waals surface area contributed by atoms with Crippen molar-refractivity contribution in [1.29, 1.82) is 0 Å². The highest BCUT2D eigenvalue weighted by molar-refractivity contribution is 9.10. The van der Waals surface area contributed by atoms with Gasteiger partial charge in [0.25, 0.3) is 10.0 Å². The van der Waals surface area contributed by atoms with Crippen LogP contribution < -0.4 is 4.72 Å². The number of sulfonamides is 1. The Morgan fingerprint density at radius 2 is 1.53 bits per heavy atom. The fourth-order valence-corrected chi connectivity index (χ4v) is 3.05. The summed E-state index contributed by atoms with van der Waals surface area (Å²) in [5.74, 6) is -0.643. The van der Waals surface area contributed by atoms with Crippen LogP contribution in [0.15, 0.2) is 56.3 Å². The Kier molecular flexibility index (Phi) is 4.27. The van der Waals surface area contributed by atoms with Crippen molar-refractivity contribution in [2.45, 2.75) is 4.90 Å². The Labute approximate surface area is 127 Å². The normalized spacial score (nSPS) is 11.3. The molecule has 0 aliphatic heterocycles. The number of nitrogens with one attached hydrogen (secondary N) is 1. The van der Waals surface area contributed by atoms with Crippen LogP contribution in [0.1, 0.15) is 0 Å². The van der Waals surface area contributed by atoms with Crippen molar-refractivity contribution < 1.29 is 12.8 Å². The number of hydrogen-bond donors (Lipinski definition) is 1. The zero-order valence-electron chi connectivity index (χ0n) is 9.40. The van der Waals surface area contributed by atoms with E-state index >= 15 is 0 Å². The maximum atomic E-state index is 13.6. The van der Waals surface area contributed by atoms with E-state index in [9.17, 15) is 12.8 Å². The average Bonchev–Trinajstić information content (AvgIpc) is 2.33. The molecule has 7 heteroatoms. The number of benzene rings is 2. The first-order valence-electron chi connectivity index (χ1n) is 5.12. The number of rotatable bonds is 3. The highest BCUT2D eigenvalue weighted by Crippen LogP contribution is 2.23. The lowest BCUT2D eigenvalue weighted by Crippen LogP contribution is -2.13. The average molecular weight is 409 g/mol. The SMILES string of the molecule is O=S(=O)(Nc1ccc(Br)cc1F)c1ccc(Br)cc1. The molecular weight excluding hydrogens is 401 g/mol. The van der Waals surface area contributed by atoms with E-state index in [1.54, 1.807) is 18.2 Å². The molecule has 2 aromatic rings. The van der Waals surface area contributed by atoms with Crippen LogP contribution in [0.5, 0.6) is 0 Å². The summed E-state index contributed by atoms with van der Waals surface area (Å²) in [7, 11) is -3.79. The van der Waals surface area contributed by atoms with Crippen molar-refractivity contribution >= 4 is 47.6 Å². The lowest BCUT2D eigenvalue weighted by Gasteiger charge is -2.09. The van der Waals surface area contributed by atoms with E-state index in [2.05, 4.69) is 36.6 Å². The summed E-state index contributed by atoms with van der Waals surface area (Å²) in [6, 6.07) is 10.2. The molecule has 0 amide bonds. The van der Waals surface area contributed by atoms with E-state index in [1.807, 2.05) is 0 Å². The second kappa shape index (κ2) is 5.60. The molecule has 0 aliphatic carbocycles. The van der Waals surface area contributed by atoms with E-state index in [1.165, 1.54) is 24.3 Å². The van der Waals surface area contributed by atoms with E-state index in [0.717, 1.165) is 4.47 Å². The molecule has 0 spiro atoms. The first-order chi connectivity index (χ1) is 8.88. The van der Waals surface area contributed by atoms with Gasteiger partial charge in [-0.15, -0.1) is 0 Å². The molecular formula is C12H8Br2FNO2S. The third-order valence-electron chi connectivity index (χ3n) is 2.30. The second-order valence-corrected chi connectivity index (χ2v) is 7.20. The first kappa shape index (κ1) is 14.5. The standard InChI is InChI=1S/C12H8Br2FNO2S/c13-8-1-4-10(5-2-8)19(17,18)16-12-6-3-9(14)7-11(12)15/h1-7,16H. The Bertz CT molecular complexity index is 702. The quantitative estimate of drug-likeness (QED) is 0.828. The molecule has 2 rings (SSSR count). The monoisotopic (exact) mass is 407 g/mol. The summed E-state index contributed by atoms with van der Waals surface area (Å²) >= 11 is 6.32. The summed E-state index contributed by atoms with van der Waals surface area (Å²) in [6.07, 6.45) is 0. The minimum Gasteiger partial charge on any atom is -0.277 e. The minimum absolute atomic E-state index is 0.0676. The van der Waals surface area contributed by atoms with Crippen LogP contribution in [-0.2, 0) is 10.0 Å². The topological polar surface area (TPSA) is 46.2 Å². The van der Waals surface area contributed by atoms with Crippen LogP contribution in [0.4, 0.5) is 10.1 Å². The zero-order valence-corrected chi connectivity index (χ0v) is 13.4. The predicted octanol–water partition coefficient (Wildman–Crippen LogP) is 4.15. The molecule has 0 atom stereocenters. The fraction of sp³-hybridized carbons (Fsp3) is 0. The van der Waals surface area contributed by atoms with Gasteiger partial charge in [0.15, 0.2) is 0 Å². The molecule has 0 heterocycles. The summed E-state index contributed by atoms with van der Waals surface area (Å²) < 4.78 is 41.2. The van der Waals surface area contributed by atoms with E-state index in [4.69, 9.17) is 0 Å². The van der Waals surface area contributed by atoms with Crippen molar-refractivity contribution in [3.05, 3.63) is 57.2 Å². The smallest absolute Gasteiger partial charge is 0.261 e. The van der Waals surface area contributed by atoms with Crippen LogP contribution in [0, 0.1) is 5.82 Å². The number of halogens is 3. The van der Waals surface area contributed by atoms with Crippen LogP contribution in [0.25, 0.3) is 0 Å². The molecule has 19 heavy (non-hydrogen) atoms.